The Morgan fingerprint density at radius 1 is 1.35 bits per heavy atom. The van der Waals surface area contributed by atoms with Gasteiger partial charge in [0.2, 0.25) is 5.55 Å². The van der Waals surface area contributed by atoms with Gasteiger partial charge in [-0.2, -0.15) is 4.98 Å². The minimum absolute atomic E-state index is 0.0283. The second-order valence-electron chi connectivity index (χ2n) is 6.04. The largest absolute Gasteiger partial charge is 0.494 e. The highest BCUT2D eigenvalue weighted by atomic mass is 32.1. The summed E-state index contributed by atoms with van der Waals surface area (Å²) in [6.45, 7) is 5.91. The molecule has 7 heteroatoms. The molecule has 4 rings (SSSR count). The lowest BCUT2D eigenvalue weighted by atomic mass is 10.1. The van der Waals surface area contributed by atoms with Crippen molar-refractivity contribution in [3.63, 3.8) is 0 Å². The van der Waals surface area contributed by atoms with Crippen LogP contribution in [0.4, 0.5) is 0 Å². The van der Waals surface area contributed by atoms with E-state index in [0.29, 0.717) is 34.5 Å². The van der Waals surface area contributed by atoms with Crippen LogP contribution in [0, 0.1) is 13.8 Å². The number of aliphatic imine (C=N–C) groups is 1. The predicted molar refractivity (Wildman–Crippen MR) is 103 cm³/mol. The first-order valence-electron chi connectivity index (χ1n) is 8.25. The molecule has 0 unspecified atom stereocenters. The van der Waals surface area contributed by atoms with Crippen LogP contribution in [-0.4, -0.2) is 20.9 Å². The SMILES string of the molecule is CCn1c(O)c(C)c(C)c(C=c2cc3oc(=C4C=CC=N4)nc3s2)c1=O. The molecule has 6 nitrogen and oxygen atoms in total. The second-order valence-corrected chi connectivity index (χ2v) is 7.10. The number of pyridine rings is 1. The lowest BCUT2D eigenvalue weighted by molar-refractivity contribution is 0.406. The van der Waals surface area contributed by atoms with E-state index in [0.717, 1.165) is 14.9 Å². The normalized spacial score (nSPS) is 16.3. The molecule has 0 bridgehead atoms. The van der Waals surface area contributed by atoms with Gasteiger partial charge < -0.3 is 9.52 Å². The minimum Gasteiger partial charge on any atom is -0.494 e. The molecule has 0 fully saturated rings. The number of nitrogens with zero attached hydrogens (tertiary/aromatic N) is 3. The van der Waals surface area contributed by atoms with E-state index in [2.05, 4.69) is 9.98 Å². The average molecular weight is 367 g/mol. The second kappa shape index (κ2) is 6.10. The fourth-order valence-corrected chi connectivity index (χ4v) is 3.84. The van der Waals surface area contributed by atoms with E-state index in [1.807, 2.05) is 45.1 Å². The van der Waals surface area contributed by atoms with Crippen molar-refractivity contribution >= 4 is 39.7 Å². The minimum atomic E-state index is -0.201. The molecule has 0 saturated heterocycles. The Kier molecular flexibility index (Phi) is 3.88. The van der Waals surface area contributed by atoms with Crippen molar-refractivity contribution < 1.29 is 9.52 Å². The van der Waals surface area contributed by atoms with E-state index in [4.69, 9.17) is 4.42 Å². The van der Waals surface area contributed by atoms with Gasteiger partial charge in [-0.3, -0.25) is 14.4 Å². The fraction of sp³-hybridized carbons (Fsp3) is 0.211. The monoisotopic (exact) mass is 367 g/mol. The third-order valence-corrected chi connectivity index (χ3v) is 5.47. The van der Waals surface area contributed by atoms with Crippen LogP contribution in [0.25, 0.3) is 22.2 Å². The summed E-state index contributed by atoms with van der Waals surface area (Å²) in [6.07, 6.45) is 7.21. The Morgan fingerprint density at radius 2 is 2.15 bits per heavy atom. The molecule has 0 aromatic carbocycles. The zero-order valence-electron chi connectivity index (χ0n) is 14.6. The number of aromatic nitrogens is 2. The van der Waals surface area contributed by atoms with Crippen LogP contribution >= 0.6 is 11.3 Å². The number of hydrogen-bond donors (Lipinski definition) is 1. The first kappa shape index (κ1) is 16.5. The highest BCUT2D eigenvalue weighted by molar-refractivity contribution is 7.16. The van der Waals surface area contributed by atoms with Gasteiger partial charge in [0.05, 0.1) is 0 Å². The Morgan fingerprint density at radius 3 is 2.81 bits per heavy atom. The van der Waals surface area contributed by atoms with Crippen molar-refractivity contribution in [3.05, 3.63) is 55.3 Å². The van der Waals surface area contributed by atoms with Crippen molar-refractivity contribution in [1.29, 1.82) is 0 Å². The summed E-state index contributed by atoms with van der Waals surface area (Å²) in [5, 5.41) is 10.2. The predicted octanol–water partition coefficient (Wildman–Crippen LogP) is 1.97. The summed E-state index contributed by atoms with van der Waals surface area (Å²) in [7, 11) is 0. The third kappa shape index (κ3) is 2.52. The summed E-state index contributed by atoms with van der Waals surface area (Å²) < 4.78 is 8.03. The van der Waals surface area contributed by atoms with Crippen LogP contribution in [0.1, 0.15) is 23.6 Å². The van der Waals surface area contributed by atoms with Crippen LogP contribution in [-0.2, 0) is 6.54 Å². The molecule has 0 amide bonds. The molecular formula is C19H17N3O3S. The topological polar surface area (TPSA) is 80.6 Å². The number of thiophene rings is 1. The van der Waals surface area contributed by atoms with E-state index in [1.54, 1.807) is 6.21 Å². The Balaban J connectivity index is 1.90. The van der Waals surface area contributed by atoms with Gasteiger partial charge in [-0.25, -0.2) is 0 Å². The smallest absolute Gasteiger partial charge is 0.260 e. The first-order valence-corrected chi connectivity index (χ1v) is 9.07. The molecule has 1 aliphatic heterocycles. The number of fused-ring (bicyclic) bond motifs is 1. The summed E-state index contributed by atoms with van der Waals surface area (Å²) in [4.78, 5) is 22.1. The average Bonchev–Trinajstić information content (AvgIpc) is 3.33. The summed E-state index contributed by atoms with van der Waals surface area (Å²) in [6, 6.07) is 1.87. The van der Waals surface area contributed by atoms with E-state index in [-0.39, 0.29) is 11.4 Å². The maximum Gasteiger partial charge on any atom is 0.260 e. The molecule has 0 saturated carbocycles. The van der Waals surface area contributed by atoms with Crippen molar-refractivity contribution in [1.82, 2.24) is 9.55 Å². The summed E-state index contributed by atoms with van der Waals surface area (Å²) in [5.41, 5.74) is 3.72. The van der Waals surface area contributed by atoms with Crippen molar-refractivity contribution in [2.45, 2.75) is 27.3 Å². The molecule has 0 aliphatic carbocycles. The Hall–Kier alpha value is -2.93. The number of allylic oxidation sites excluding steroid dienone is 1. The molecule has 0 radical (unpaired) electrons. The quantitative estimate of drug-likeness (QED) is 0.751. The van der Waals surface area contributed by atoms with E-state index in [9.17, 15) is 9.90 Å². The van der Waals surface area contributed by atoms with Gasteiger partial charge in [-0.1, -0.05) is 0 Å². The lowest BCUT2D eigenvalue weighted by Crippen LogP contribution is -2.24. The highest BCUT2D eigenvalue weighted by Crippen LogP contribution is 2.21. The molecule has 3 aromatic rings. The molecule has 0 atom stereocenters. The molecule has 1 aliphatic rings. The first-order chi connectivity index (χ1) is 12.5. The molecule has 3 aromatic heterocycles. The van der Waals surface area contributed by atoms with Gasteiger partial charge in [0.1, 0.15) is 5.70 Å². The van der Waals surface area contributed by atoms with Crippen LogP contribution < -0.4 is 15.6 Å². The van der Waals surface area contributed by atoms with Crippen molar-refractivity contribution in [3.8, 4) is 5.88 Å². The lowest BCUT2D eigenvalue weighted by Gasteiger charge is -2.13. The van der Waals surface area contributed by atoms with Gasteiger partial charge in [0.25, 0.3) is 5.56 Å². The molecule has 26 heavy (non-hydrogen) atoms. The fourth-order valence-electron chi connectivity index (χ4n) is 2.94. The summed E-state index contributed by atoms with van der Waals surface area (Å²) >= 11 is 1.45. The number of oxazole rings is 1. The number of hydrogen-bond acceptors (Lipinski definition) is 6. The van der Waals surface area contributed by atoms with Crippen LogP contribution in [0.3, 0.4) is 0 Å². The van der Waals surface area contributed by atoms with Crippen LogP contribution in [0.15, 0.2) is 32.4 Å². The standard InChI is InChI=1S/C19H17N3O3S/c1-4-22-18(23)11(3)10(2)13(19(22)24)8-12-9-15-17(26-12)21-16(25-15)14-6-5-7-20-14/h5-9,23H,4H2,1-3H3. The summed E-state index contributed by atoms with van der Waals surface area (Å²) in [5.74, 6) is 0.0283. The van der Waals surface area contributed by atoms with Crippen LogP contribution in [0.5, 0.6) is 5.88 Å². The van der Waals surface area contributed by atoms with E-state index in [1.165, 1.54) is 15.9 Å². The highest BCUT2D eigenvalue weighted by Gasteiger charge is 2.14. The van der Waals surface area contributed by atoms with Crippen molar-refractivity contribution in [2.75, 3.05) is 0 Å². The zero-order valence-corrected chi connectivity index (χ0v) is 15.4. The van der Waals surface area contributed by atoms with Crippen molar-refractivity contribution in [2.24, 2.45) is 4.99 Å². The van der Waals surface area contributed by atoms with Crippen LogP contribution in [0.2, 0.25) is 0 Å². The zero-order chi connectivity index (χ0) is 18.4. The molecule has 132 valence electrons. The molecular weight excluding hydrogens is 350 g/mol. The van der Waals surface area contributed by atoms with E-state index >= 15 is 0 Å². The van der Waals surface area contributed by atoms with Gasteiger partial charge >= 0.3 is 0 Å². The number of aromatic hydroxyl groups is 1. The van der Waals surface area contributed by atoms with Gasteiger partial charge in [-0.15, -0.1) is 11.3 Å². The maximum absolute atomic E-state index is 12.7. The Labute approximate surface area is 152 Å². The third-order valence-electron chi connectivity index (χ3n) is 4.52. The Bertz CT molecular complexity index is 1220. The molecule has 0 spiro atoms. The molecule has 4 heterocycles. The van der Waals surface area contributed by atoms with Gasteiger partial charge in [0.15, 0.2) is 16.3 Å². The number of rotatable bonds is 2. The molecule has 1 N–H and O–H groups in total. The maximum atomic E-state index is 12.7. The van der Waals surface area contributed by atoms with E-state index < -0.39 is 0 Å². The van der Waals surface area contributed by atoms with Gasteiger partial charge in [0, 0.05) is 34.5 Å². The van der Waals surface area contributed by atoms with Gasteiger partial charge in [-0.05, 0) is 44.6 Å².